The second-order valence-corrected chi connectivity index (χ2v) is 8.24. The predicted molar refractivity (Wildman–Crippen MR) is 119 cm³/mol. The van der Waals surface area contributed by atoms with Gasteiger partial charge in [0.05, 0.1) is 17.7 Å². The van der Waals surface area contributed by atoms with Crippen LogP contribution in [0.4, 0.5) is 5.69 Å². The zero-order valence-electron chi connectivity index (χ0n) is 18.6. The molecule has 1 N–H and O–H groups in total. The fourth-order valence-corrected chi connectivity index (χ4v) is 3.81. The van der Waals surface area contributed by atoms with Gasteiger partial charge in [0.15, 0.2) is 11.6 Å². The minimum absolute atomic E-state index is 0.0958. The van der Waals surface area contributed by atoms with Crippen molar-refractivity contribution in [3.05, 3.63) is 41.6 Å². The van der Waals surface area contributed by atoms with Gasteiger partial charge in [0.2, 0.25) is 0 Å². The van der Waals surface area contributed by atoms with E-state index in [2.05, 4.69) is 12.2 Å². The number of allylic oxidation sites excluding steroid dienone is 1. The molecule has 0 atom stereocenters. The third-order valence-corrected chi connectivity index (χ3v) is 6.16. The number of esters is 1. The van der Waals surface area contributed by atoms with Gasteiger partial charge in [0.1, 0.15) is 0 Å². The van der Waals surface area contributed by atoms with E-state index in [1.54, 1.807) is 24.3 Å². The maximum absolute atomic E-state index is 12.5. The second kappa shape index (κ2) is 11.7. The molecule has 1 aromatic carbocycles. The molecule has 0 heterocycles. The summed E-state index contributed by atoms with van der Waals surface area (Å²) in [7, 11) is 0. The number of anilines is 1. The quantitative estimate of drug-likeness (QED) is 0.213. The monoisotopic (exact) mass is 413 g/mol. The lowest BCUT2D eigenvalue weighted by atomic mass is 9.68. The number of ether oxygens (including phenoxy) is 1. The lowest BCUT2D eigenvalue weighted by molar-refractivity contribution is -0.128. The van der Waals surface area contributed by atoms with E-state index in [0.29, 0.717) is 30.7 Å². The van der Waals surface area contributed by atoms with E-state index < -0.39 is 0 Å². The molecule has 0 unspecified atom stereocenters. The molecule has 1 aliphatic rings. The van der Waals surface area contributed by atoms with E-state index in [1.165, 1.54) is 25.5 Å². The highest BCUT2D eigenvalue weighted by Crippen LogP contribution is 2.40. The first-order valence-corrected chi connectivity index (χ1v) is 11.2. The Kier molecular flexibility index (Phi) is 9.28. The second-order valence-electron chi connectivity index (χ2n) is 8.24. The van der Waals surface area contributed by atoms with E-state index in [0.717, 1.165) is 25.7 Å². The van der Waals surface area contributed by atoms with Gasteiger partial charge in [-0.2, -0.15) is 0 Å². The zero-order valence-corrected chi connectivity index (χ0v) is 18.6. The summed E-state index contributed by atoms with van der Waals surface area (Å²) in [6.07, 6.45) is 9.55. The number of unbranched alkanes of at least 4 members (excludes halogenated alkanes) is 4. The van der Waals surface area contributed by atoms with Gasteiger partial charge in [-0.1, -0.05) is 46.5 Å². The molecular formula is C25H35NO4. The standard InChI is InChI=1S/C25H35NO4/c1-4-7-8-9-10-15-30-24(29)19-11-13-20(14-12-19)26-18-21-22(27)16-25(5-2,6-3)17-23(21)28/h11-14,18,26H,4-10,15-17H2,1-3H3. The molecule has 164 valence electrons. The highest BCUT2D eigenvalue weighted by atomic mass is 16.5. The number of ketones is 2. The number of Topliss-reactive ketones (excluding diaryl/α,β-unsaturated/α-hetero) is 2. The van der Waals surface area contributed by atoms with Crippen molar-refractivity contribution < 1.29 is 19.1 Å². The van der Waals surface area contributed by atoms with Crippen LogP contribution in [0.5, 0.6) is 0 Å². The number of nitrogens with one attached hydrogen (secondary N) is 1. The van der Waals surface area contributed by atoms with Crippen LogP contribution in [-0.4, -0.2) is 24.1 Å². The highest BCUT2D eigenvalue weighted by Gasteiger charge is 2.39. The van der Waals surface area contributed by atoms with E-state index in [4.69, 9.17) is 4.74 Å². The molecule has 0 amide bonds. The molecule has 0 radical (unpaired) electrons. The van der Waals surface area contributed by atoms with Crippen molar-refractivity contribution in [2.45, 2.75) is 78.6 Å². The van der Waals surface area contributed by atoms with E-state index >= 15 is 0 Å². The van der Waals surface area contributed by atoms with Gasteiger partial charge in [-0.05, 0) is 48.9 Å². The smallest absolute Gasteiger partial charge is 0.338 e. The van der Waals surface area contributed by atoms with E-state index in [9.17, 15) is 14.4 Å². The van der Waals surface area contributed by atoms with Gasteiger partial charge in [-0.3, -0.25) is 9.59 Å². The first-order chi connectivity index (χ1) is 14.4. The first-order valence-electron chi connectivity index (χ1n) is 11.2. The molecule has 0 bridgehead atoms. The molecule has 1 fully saturated rings. The van der Waals surface area contributed by atoms with E-state index in [-0.39, 0.29) is 28.5 Å². The molecular weight excluding hydrogens is 378 g/mol. The fraction of sp³-hybridized carbons (Fsp3) is 0.560. The Labute approximate surface area is 180 Å². The maximum Gasteiger partial charge on any atom is 0.338 e. The van der Waals surface area contributed by atoms with Crippen LogP contribution >= 0.6 is 0 Å². The van der Waals surface area contributed by atoms with Gasteiger partial charge in [0, 0.05) is 24.7 Å². The van der Waals surface area contributed by atoms with Crippen molar-refractivity contribution in [2.24, 2.45) is 5.41 Å². The molecule has 0 saturated heterocycles. The minimum Gasteiger partial charge on any atom is -0.462 e. The Bertz CT molecular complexity index is 738. The Morgan fingerprint density at radius 3 is 2.13 bits per heavy atom. The molecule has 1 aromatic rings. The molecule has 1 aliphatic carbocycles. The number of rotatable bonds is 11. The van der Waals surface area contributed by atoms with Crippen molar-refractivity contribution in [3.63, 3.8) is 0 Å². The maximum atomic E-state index is 12.5. The molecule has 5 heteroatoms. The van der Waals surface area contributed by atoms with Gasteiger partial charge >= 0.3 is 5.97 Å². The number of hydrogen-bond donors (Lipinski definition) is 1. The first kappa shape index (κ1) is 23.8. The van der Waals surface area contributed by atoms with Crippen LogP contribution < -0.4 is 5.32 Å². The summed E-state index contributed by atoms with van der Waals surface area (Å²) in [5.74, 6) is -0.522. The molecule has 0 spiro atoms. The summed E-state index contributed by atoms with van der Waals surface area (Å²) in [5, 5.41) is 3.02. The highest BCUT2D eigenvalue weighted by molar-refractivity contribution is 6.22. The SMILES string of the molecule is CCCCCCCOC(=O)c1ccc(NC=C2C(=O)CC(CC)(CC)CC2=O)cc1. The summed E-state index contributed by atoms with van der Waals surface area (Å²) in [6.45, 7) is 6.69. The molecule has 1 saturated carbocycles. The topological polar surface area (TPSA) is 72.5 Å². The number of carbonyl (C=O) groups excluding carboxylic acids is 3. The third-order valence-electron chi connectivity index (χ3n) is 6.16. The van der Waals surface area contributed by atoms with Crippen molar-refractivity contribution in [3.8, 4) is 0 Å². The normalized spacial score (nSPS) is 15.8. The predicted octanol–water partition coefficient (Wildman–Crippen LogP) is 5.85. The van der Waals surface area contributed by atoms with Gasteiger partial charge in [-0.25, -0.2) is 4.79 Å². The molecule has 0 aliphatic heterocycles. The van der Waals surface area contributed by atoms with Crippen molar-refractivity contribution >= 4 is 23.2 Å². The Balaban J connectivity index is 1.88. The summed E-state index contributed by atoms with van der Waals surface area (Å²) in [6, 6.07) is 6.86. The van der Waals surface area contributed by atoms with Crippen LogP contribution in [-0.2, 0) is 14.3 Å². The van der Waals surface area contributed by atoms with Crippen LogP contribution in [0.1, 0.15) is 88.9 Å². The van der Waals surface area contributed by atoms with Gasteiger partial charge in [-0.15, -0.1) is 0 Å². The minimum atomic E-state index is -0.330. The molecule has 30 heavy (non-hydrogen) atoms. The van der Waals surface area contributed by atoms with Crippen molar-refractivity contribution in [1.29, 1.82) is 0 Å². The average Bonchev–Trinajstić information content (AvgIpc) is 2.75. The average molecular weight is 414 g/mol. The Morgan fingerprint density at radius 1 is 0.967 bits per heavy atom. The number of hydrogen-bond acceptors (Lipinski definition) is 5. The largest absolute Gasteiger partial charge is 0.462 e. The summed E-state index contributed by atoms with van der Waals surface area (Å²) >= 11 is 0. The van der Waals surface area contributed by atoms with Crippen LogP contribution in [0, 0.1) is 5.41 Å². The van der Waals surface area contributed by atoms with Crippen molar-refractivity contribution in [1.82, 2.24) is 0 Å². The van der Waals surface area contributed by atoms with Crippen molar-refractivity contribution in [2.75, 3.05) is 11.9 Å². The van der Waals surface area contributed by atoms with Gasteiger partial charge in [0.25, 0.3) is 0 Å². The molecule has 5 nitrogen and oxygen atoms in total. The lowest BCUT2D eigenvalue weighted by Gasteiger charge is -2.34. The van der Waals surface area contributed by atoms with Crippen LogP contribution in [0.2, 0.25) is 0 Å². The Hall–Kier alpha value is -2.43. The summed E-state index contributed by atoms with van der Waals surface area (Å²) in [4.78, 5) is 37.1. The van der Waals surface area contributed by atoms with E-state index in [1.807, 2.05) is 13.8 Å². The zero-order chi connectivity index (χ0) is 22.0. The van der Waals surface area contributed by atoms with Crippen LogP contribution in [0.15, 0.2) is 36.0 Å². The molecule has 0 aromatic heterocycles. The fourth-order valence-electron chi connectivity index (χ4n) is 3.81. The summed E-state index contributed by atoms with van der Waals surface area (Å²) in [5.41, 5.74) is 1.24. The van der Waals surface area contributed by atoms with Crippen LogP contribution in [0.25, 0.3) is 0 Å². The molecule has 2 rings (SSSR count). The lowest BCUT2D eigenvalue weighted by Crippen LogP contribution is -2.35. The third kappa shape index (κ3) is 6.54. The van der Waals surface area contributed by atoms with Gasteiger partial charge < -0.3 is 10.1 Å². The number of benzene rings is 1. The van der Waals surface area contributed by atoms with Crippen LogP contribution in [0.3, 0.4) is 0 Å². The summed E-state index contributed by atoms with van der Waals surface area (Å²) < 4.78 is 5.31. The number of carbonyl (C=O) groups is 3. The Morgan fingerprint density at radius 2 is 1.57 bits per heavy atom.